The van der Waals surface area contributed by atoms with E-state index < -0.39 is 0 Å². The van der Waals surface area contributed by atoms with Crippen molar-refractivity contribution in [2.75, 3.05) is 0 Å². The Labute approximate surface area is 53.5 Å². The summed E-state index contributed by atoms with van der Waals surface area (Å²) in [6.45, 7) is 0. The molecule has 0 aromatic carbocycles. The van der Waals surface area contributed by atoms with Crippen LogP contribution in [-0.4, -0.2) is 5.37 Å². The molecule has 2 unspecified atom stereocenters. The lowest BCUT2D eigenvalue weighted by Crippen LogP contribution is -3.05. The van der Waals surface area contributed by atoms with Crippen LogP contribution in [0.15, 0.2) is 24.4 Å². The fourth-order valence-corrected chi connectivity index (χ4v) is 0.699. The zero-order valence-corrected chi connectivity index (χ0v) is 5.14. The van der Waals surface area contributed by atoms with E-state index in [4.69, 9.17) is 0 Å². The van der Waals surface area contributed by atoms with Gasteiger partial charge in [-0.3, -0.25) is 0 Å². The maximum atomic E-state index is 10.6. The molecule has 44 valence electrons. The van der Waals surface area contributed by atoms with Gasteiger partial charge >= 0.3 is 0 Å². The standard InChI is InChI=1S/C5H7NOS/c7-6-4-2-1-3-5(6)8/h1-6,8H. The molecule has 0 aromatic rings. The van der Waals surface area contributed by atoms with Crippen molar-refractivity contribution in [3.8, 4) is 0 Å². The number of hydrogen-bond donors (Lipinski definition) is 2. The molecular formula is C5H7NOS. The van der Waals surface area contributed by atoms with Crippen molar-refractivity contribution in [2.24, 2.45) is 0 Å². The molecule has 3 heteroatoms. The summed E-state index contributed by atoms with van der Waals surface area (Å²) in [5, 5.41) is 10.4. The largest absolute Gasteiger partial charge is 0.628 e. The van der Waals surface area contributed by atoms with Crippen LogP contribution in [0.5, 0.6) is 0 Å². The molecule has 0 radical (unpaired) electrons. The lowest BCUT2D eigenvalue weighted by atomic mass is 10.4. The van der Waals surface area contributed by atoms with Gasteiger partial charge in [0.05, 0.1) is 6.20 Å². The molecule has 1 heterocycles. The van der Waals surface area contributed by atoms with Gasteiger partial charge in [0.15, 0.2) is 5.37 Å². The van der Waals surface area contributed by atoms with Crippen molar-refractivity contribution in [1.82, 2.24) is 0 Å². The van der Waals surface area contributed by atoms with E-state index in [-0.39, 0.29) is 10.4 Å². The molecule has 0 fully saturated rings. The minimum Gasteiger partial charge on any atom is -0.628 e. The molecule has 0 spiro atoms. The van der Waals surface area contributed by atoms with Crippen molar-refractivity contribution in [3.05, 3.63) is 29.6 Å². The summed E-state index contributed by atoms with van der Waals surface area (Å²) in [5.41, 5.74) is 0. The second-order valence-corrected chi connectivity index (χ2v) is 2.15. The van der Waals surface area contributed by atoms with Gasteiger partial charge in [-0.15, -0.1) is 12.6 Å². The first-order chi connectivity index (χ1) is 3.80. The highest BCUT2D eigenvalue weighted by atomic mass is 32.1. The van der Waals surface area contributed by atoms with Crippen LogP contribution in [0.25, 0.3) is 0 Å². The van der Waals surface area contributed by atoms with Crippen LogP contribution in [-0.2, 0) is 0 Å². The van der Waals surface area contributed by atoms with E-state index in [1.165, 1.54) is 6.20 Å². The smallest absolute Gasteiger partial charge is 0.154 e. The Hall–Kier alpha value is -0.250. The summed E-state index contributed by atoms with van der Waals surface area (Å²) in [4.78, 5) is 0. The molecule has 2 atom stereocenters. The third-order valence-electron chi connectivity index (χ3n) is 0.957. The Morgan fingerprint density at radius 3 is 2.62 bits per heavy atom. The van der Waals surface area contributed by atoms with E-state index in [1.807, 2.05) is 6.08 Å². The molecular weight excluding hydrogens is 122 g/mol. The lowest BCUT2D eigenvalue weighted by molar-refractivity contribution is -0.795. The Balaban J connectivity index is 2.59. The first kappa shape index (κ1) is 5.88. The molecule has 0 aromatic heterocycles. The second-order valence-electron chi connectivity index (χ2n) is 1.59. The molecule has 2 nitrogen and oxygen atoms in total. The maximum absolute atomic E-state index is 10.6. The monoisotopic (exact) mass is 129 g/mol. The number of thiol groups is 1. The fraction of sp³-hybridized carbons (Fsp3) is 0.200. The summed E-state index contributed by atoms with van der Waals surface area (Å²) in [6, 6.07) is 0. The van der Waals surface area contributed by atoms with Crippen LogP contribution in [0.4, 0.5) is 0 Å². The first-order valence-corrected chi connectivity index (χ1v) is 2.89. The van der Waals surface area contributed by atoms with Gasteiger partial charge in [0.25, 0.3) is 0 Å². The van der Waals surface area contributed by atoms with Crippen molar-refractivity contribution >= 4 is 12.6 Å². The van der Waals surface area contributed by atoms with Crippen LogP contribution in [0.1, 0.15) is 0 Å². The molecule has 8 heavy (non-hydrogen) atoms. The van der Waals surface area contributed by atoms with Crippen LogP contribution in [0.3, 0.4) is 0 Å². The van der Waals surface area contributed by atoms with Crippen LogP contribution in [0.2, 0.25) is 0 Å². The van der Waals surface area contributed by atoms with Gasteiger partial charge in [0, 0.05) is 0 Å². The van der Waals surface area contributed by atoms with Crippen molar-refractivity contribution in [2.45, 2.75) is 5.37 Å². The number of hydroxylamine groups is 2. The van der Waals surface area contributed by atoms with Crippen LogP contribution >= 0.6 is 12.6 Å². The Kier molecular flexibility index (Phi) is 1.73. The third-order valence-corrected chi connectivity index (χ3v) is 1.38. The van der Waals surface area contributed by atoms with E-state index in [0.717, 1.165) is 0 Å². The third kappa shape index (κ3) is 1.12. The number of nitrogens with one attached hydrogen (secondary N) is 1. The summed E-state index contributed by atoms with van der Waals surface area (Å²) in [7, 11) is 0. The predicted molar refractivity (Wildman–Crippen MR) is 35.4 cm³/mol. The molecule has 0 bridgehead atoms. The summed E-state index contributed by atoms with van der Waals surface area (Å²) in [5.74, 6) is 0. The van der Waals surface area contributed by atoms with Crippen LogP contribution < -0.4 is 5.06 Å². The van der Waals surface area contributed by atoms with Gasteiger partial charge < -0.3 is 10.3 Å². The molecule has 1 aliphatic rings. The van der Waals surface area contributed by atoms with Gasteiger partial charge in [-0.25, -0.2) is 0 Å². The molecule has 1 rings (SSSR count). The van der Waals surface area contributed by atoms with Crippen LogP contribution in [0, 0.1) is 5.21 Å². The molecule has 0 saturated heterocycles. The fourth-order valence-electron chi connectivity index (χ4n) is 0.513. The summed E-state index contributed by atoms with van der Waals surface area (Å²) in [6.07, 6.45) is 6.82. The topological polar surface area (TPSA) is 27.5 Å². The average molecular weight is 129 g/mol. The molecule has 0 aliphatic carbocycles. The Morgan fingerprint density at radius 2 is 2.25 bits per heavy atom. The summed E-state index contributed by atoms with van der Waals surface area (Å²) >= 11 is 3.97. The van der Waals surface area contributed by atoms with E-state index >= 15 is 0 Å². The highest BCUT2D eigenvalue weighted by Gasteiger charge is 2.03. The van der Waals surface area contributed by atoms with Crippen molar-refractivity contribution < 1.29 is 5.06 Å². The Morgan fingerprint density at radius 1 is 1.50 bits per heavy atom. The van der Waals surface area contributed by atoms with Crippen molar-refractivity contribution in [3.63, 3.8) is 0 Å². The molecule has 1 aliphatic heterocycles. The second kappa shape index (κ2) is 2.35. The average Bonchev–Trinajstić information content (AvgIpc) is 1.77. The molecule has 0 amide bonds. The summed E-state index contributed by atoms with van der Waals surface area (Å²) < 4.78 is 0. The quantitative estimate of drug-likeness (QED) is 0.341. The maximum Gasteiger partial charge on any atom is 0.154 e. The van der Waals surface area contributed by atoms with Gasteiger partial charge in [-0.1, -0.05) is 6.08 Å². The SMILES string of the molecule is [O-][NH+]1C=CC=CC1S. The van der Waals surface area contributed by atoms with E-state index in [2.05, 4.69) is 12.6 Å². The molecule has 1 N–H and O–H groups in total. The number of hydrogen-bond acceptors (Lipinski definition) is 2. The minimum atomic E-state index is -0.208. The van der Waals surface area contributed by atoms with Crippen molar-refractivity contribution in [1.29, 1.82) is 0 Å². The van der Waals surface area contributed by atoms with E-state index in [1.54, 1.807) is 12.2 Å². The number of allylic oxidation sites excluding steroid dienone is 2. The van der Waals surface area contributed by atoms with E-state index in [9.17, 15) is 5.21 Å². The lowest BCUT2D eigenvalue weighted by Gasteiger charge is -2.22. The van der Waals surface area contributed by atoms with E-state index in [0.29, 0.717) is 0 Å². The predicted octanol–water partition coefficient (Wildman–Crippen LogP) is -0.291. The van der Waals surface area contributed by atoms with Gasteiger partial charge in [-0.05, 0) is 12.2 Å². The molecule has 0 saturated carbocycles. The highest BCUT2D eigenvalue weighted by Crippen LogP contribution is 1.90. The number of quaternary nitrogens is 1. The van der Waals surface area contributed by atoms with Gasteiger partial charge in [0.1, 0.15) is 0 Å². The minimum absolute atomic E-state index is 0.0656. The number of rotatable bonds is 0. The Bertz CT molecular complexity index is 116. The van der Waals surface area contributed by atoms with Gasteiger partial charge in [-0.2, -0.15) is 0 Å². The first-order valence-electron chi connectivity index (χ1n) is 2.37. The normalized spacial score (nSPS) is 35.8. The highest BCUT2D eigenvalue weighted by molar-refractivity contribution is 7.80. The zero-order chi connectivity index (χ0) is 5.98. The van der Waals surface area contributed by atoms with Gasteiger partial charge in [0.2, 0.25) is 0 Å². The zero-order valence-electron chi connectivity index (χ0n) is 4.24.